The van der Waals surface area contributed by atoms with Crippen LogP contribution in [0.3, 0.4) is 0 Å². The third-order valence-electron chi connectivity index (χ3n) is 4.52. The highest BCUT2D eigenvalue weighted by Gasteiger charge is 2.26. The van der Waals surface area contributed by atoms with Gasteiger partial charge in [-0.2, -0.15) is 0 Å². The fraction of sp³-hybridized carbons (Fsp3) is 0.588. The van der Waals surface area contributed by atoms with Crippen molar-refractivity contribution in [1.29, 1.82) is 0 Å². The fourth-order valence-electron chi connectivity index (χ4n) is 2.92. The molecule has 6 nitrogen and oxygen atoms in total. The first-order valence-corrected chi connectivity index (χ1v) is 10.5. The van der Waals surface area contributed by atoms with Crippen LogP contribution in [0.2, 0.25) is 0 Å². The van der Waals surface area contributed by atoms with E-state index in [0.29, 0.717) is 0 Å². The molecule has 0 radical (unpaired) electrons. The molecule has 1 fully saturated rings. The summed E-state index contributed by atoms with van der Waals surface area (Å²) in [7, 11) is 0. The van der Waals surface area contributed by atoms with Gasteiger partial charge in [0.1, 0.15) is 6.33 Å². The highest BCUT2D eigenvalue weighted by atomic mass is 32.2. The van der Waals surface area contributed by atoms with Crippen LogP contribution in [0.25, 0.3) is 0 Å². The van der Waals surface area contributed by atoms with Gasteiger partial charge in [-0.15, -0.1) is 21.5 Å². The van der Waals surface area contributed by atoms with Gasteiger partial charge in [0.2, 0.25) is 5.91 Å². The summed E-state index contributed by atoms with van der Waals surface area (Å²) < 4.78 is 2.04. The number of piperazine rings is 1. The number of carbonyl (C=O) groups excluding carboxylic acids is 1. The van der Waals surface area contributed by atoms with Crippen molar-refractivity contribution in [2.75, 3.05) is 32.7 Å². The molecule has 1 saturated heterocycles. The third-order valence-corrected chi connectivity index (χ3v) is 6.54. The molecule has 136 valence electrons. The number of amides is 1. The molecule has 0 aromatic carbocycles. The molecule has 3 heterocycles. The van der Waals surface area contributed by atoms with E-state index in [9.17, 15) is 4.79 Å². The van der Waals surface area contributed by atoms with Crippen LogP contribution in [0.15, 0.2) is 29.0 Å². The maximum atomic E-state index is 12.7. The summed E-state index contributed by atoms with van der Waals surface area (Å²) in [6.07, 6.45) is 2.72. The van der Waals surface area contributed by atoms with Crippen molar-refractivity contribution in [3.8, 4) is 0 Å². The van der Waals surface area contributed by atoms with Gasteiger partial charge < -0.3 is 14.4 Å². The van der Waals surface area contributed by atoms with E-state index >= 15 is 0 Å². The van der Waals surface area contributed by atoms with Gasteiger partial charge >= 0.3 is 0 Å². The second-order valence-corrected chi connectivity index (χ2v) is 8.50. The summed E-state index contributed by atoms with van der Waals surface area (Å²) in [4.78, 5) is 18.4. The first kappa shape index (κ1) is 18.4. The summed E-state index contributed by atoms with van der Waals surface area (Å²) in [5.74, 6) is 0.202. The molecule has 0 saturated carbocycles. The van der Waals surface area contributed by atoms with E-state index in [1.54, 1.807) is 17.7 Å². The van der Waals surface area contributed by atoms with Gasteiger partial charge in [-0.1, -0.05) is 24.8 Å². The average Bonchev–Trinajstić information content (AvgIpc) is 3.31. The minimum atomic E-state index is -0.141. The van der Waals surface area contributed by atoms with Crippen LogP contribution < -0.4 is 0 Å². The Morgan fingerprint density at radius 1 is 1.36 bits per heavy atom. The molecule has 0 bridgehead atoms. The number of hydrogen-bond acceptors (Lipinski definition) is 6. The third kappa shape index (κ3) is 4.83. The average molecular weight is 380 g/mol. The molecule has 25 heavy (non-hydrogen) atoms. The van der Waals surface area contributed by atoms with E-state index in [0.717, 1.165) is 50.8 Å². The fourth-order valence-corrected chi connectivity index (χ4v) is 4.56. The smallest absolute Gasteiger partial charge is 0.235 e. The van der Waals surface area contributed by atoms with E-state index in [2.05, 4.69) is 39.5 Å². The van der Waals surface area contributed by atoms with Gasteiger partial charge in [-0.05, 0) is 31.3 Å². The lowest BCUT2D eigenvalue weighted by Crippen LogP contribution is -2.50. The molecule has 0 spiro atoms. The van der Waals surface area contributed by atoms with Crippen molar-refractivity contribution in [3.63, 3.8) is 0 Å². The summed E-state index contributed by atoms with van der Waals surface area (Å²) in [5.41, 5.74) is 0. The standard InChI is InChI=1S/C17H25N5OS2/c1-3-20-8-10-21(11-9-20)16(23)14(2)25-17-19-18-13-22(17)7-6-15-5-4-12-24-15/h4-5,12-14H,3,6-11H2,1-2H3. The second-order valence-electron chi connectivity index (χ2n) is 6.16. The molecule has 8 heteroatoms. The van der Waals surface area contributed by atoms with Crippen molar-refractivity contribution in [2.45, 2.75) is 37.2 Å². The topological polar surface area (TPSA) is 54.3 Å². The number of aromatic nitrogens is 3. The van der Waals surface area contributed by atoms with Crippen molar-refractivity contribution < 1.29 is 4.79 Å². The molecule has 3 rings (SSSR count). The maximum Gasteiger partial charge on any atom is 0.235 e. The molecule has 1 aliphatic heterocycles. The number of thiophene rings is 1. The van der Waals surface area contributed by atoms with Crippen LogP contribution in [-0.2, 0) is 17.8 Å². The molecule has 0 aliphatic carbocycles. The molecular weight excluding hydrogens is 354 g/mol. The second kappa shape index (κ2) is 8.82. The Kier molecular flexibility index (Phi) is 6.50. The minimum Gasteiger partial charge on any atom is -0.339 e. The molecule has 1 atom stereocenters. The van der Waals surface area contributed by atoms with Crippen molar-refractivity contribution in [2.24, 2.45) is 0 Å². The summed E-state index contributed by atoms with van der Waals surface area (Å²) in [6.45, 7) is 9.61. The molecule has 2 aromatic heterocycles. The van der Waals surface area contributed by atoms with Gasteiger partial charge in [-0.25, -0.2) is 0 Å². The Balaban J connectivity index is 1.53. The van der Waals surface area contributed by atoms with Crippen molar-refractivity contribution >= 4 is 29.0 Å². The lowest BCUT2D eigenvalue weighted by Gasteiger charge is -2.35. The lowest BCUT2D eigenvalue weighted by atomic mass is 10.3. The number of hydrogen-bond donors (Lipinski definition) is 0. The predicted octanol–water partition coefficient (Wildman–Crippen LogP) is 2.23. The summed E-state index contributed by atoms with van der Waals surface area (Å²) >= 11 is 3.27. The van der Waals surface area contributed by atoms with E-state index < -0.39 is 0 Å². The van der Waals surface area contributed by atoms with E-state index in [1.807, 2.05) is 16.4 Å². The highest BCUT2D eigenvalue weighted by Crippen LogP contribution is 2.23. The first-order chi connectivity index (χ1) is 12.2. The Morgan fingerprint density at radius 2 is 2.16 bits per heavy atom. The Bertz CT molecular complexity index is 664. The van der Waals surface area contributed by atoms with Gasteiger partial charge in [0.05, 0.1) is 5.25 Å². The molecule has 0 N–H and O–H groups in total. The van der Waals surface area contributed by atoms with Crippen molar-refractivity contribution in [1.82, 2.24) is 24.6 Å². The first-order valence-electron chi connectivity index (χ1n) is 8.75. The number of aryl methyl sites for hydroxylation is 2. The number of thioether (sulfide) groups is 1. The van der Waals surface area contributed by atoms with Gasteiger partial charge in [0.15, 0.2) is 5.16 Å². The van der Waals surface area contributed by atoms with Crippen LogP contribution in [0, 0.1) is 0 Å². The van der Waals surface area contributed by atoms with Crippen molar-refractivity contribution in [3.05, 3.63) is 28.7 Å². The van der Waals surface area contributed by atoms with Gasteiger partial charge in [0, 0.05) is 37.6 Å². The number of carbonyl (C=O) groups is 1. The monoisotopic (exact) mass is 379 g/mol. The number of nitrogens with zero attached hydrogens (tertiary/aromatic N) is 5. The van der Waals surface area contributed by atoms with Crippen LogP contribution in [0.4, 0.5) is 0 Å². The summed E-state index contributed by atoms with van der Waals surface area (Å²) in [6, 6.07) is 4.21. The van der Waals surface area contributed by atoms with E-state index in [-0.39, 0.29) is 11.2 Å². The number of likely N-dealkylation sites (N-methyl/N-ethyl adjacent to an activating group) is 1. The number of rotatable bonds is 7. The highest BCUT2D eigenvalue weighted by molar-refractivity contribution is 8.00. The van der Waals surface area contributed by atoms with E-state index in [4.69, 9.17) is 0 Å². The van der Waals surface area contributed by atoms with E-state index in [1.165, 1.54) is 16.6 Å². The predicted molar refractivity (Wildman–Crippen MR) is 102 cm³/mol. The zero-order valence-electron chi connectivity index (χ0n) is 14.8. The Labute approximate surface area is 157 Å². The van der Waals surface area contributed by atoms with Crippen LogP contribution >= 0.6 is 23.1 Å². The SMILES string of the molecule is CCN1CCN(C(=O)C(C)Sc2nncn2CCc2cccs2)CC1. The molecule has 1 amide bonds. The molecular formula is C17H25N5OS2. The lowest BCUT2D eigenvalue weighted by molar-refractivity contribution is -0.132. The molecule has 1 aliphatic rings. The molecule has 2 aromatic rings. The zero-order chi connectivity index (χ0) is 17.6. The van der Waals surface area contributed by atoms with Crippen LogP contribution in [0.5, 0.6) is 0 Å². The van der Waals surface area contributed by atoms with Gasteiger partial charge in [0.25, 0.3) is 0 Å². The minimum absolute atomic E-state index is 0.141. The Hall–Kier alpha value is -1.38. The largest absolute Gasteiger partial charge is 0.339 e. The Morgan fingerprint density at radius 3 is 2.84 bits per heavy atom. The zero-order valence-corrected chi connectivity index (χ0v) is 16.4. The summed E-state index contributed by atoms with van der Waals surface area (Å²) in [5, 5.41) is 11.0. The van der Waals surface area contributed by atoms with Crippen LogP contribution in [0.1, 0.15) is 18.7 Å². The normalized spacial score (nSPS) is 17.0. The van der Waals surface area contributed by atoms with Gasteiger partial charge in [-0.3, -0.25) is 4.79 Å². The quantitative estimate of drug-likeness (QED) is 0.691. The molecule has 1 unspecified atom stereocenters. The van der Waals surface area contributed by atoms with Crippen LogP contribution in [-0.4, -0.2) is 68.4 Å². The maximum absolute atomic E-state index is 12.7.